The van der Waals surface area contributed by atoms with E-state index in [1.807, 2.05) is 4.90 Å². The highest BCUT2D eigenvalue weighted by atomic mass is 32.2. The smallest absolute Gasteiger partial charge is 0.245 e. The Morgan fingerprint density at radius 1 is 1.19 bits per heavy atom. The zero-order valence-corrected chi connectivity index (χ0v) is 15.8. The maximum atomic E-state index is 14.4. The second-order valence-corrected chi connectivity index (χ2v) is 9.14. The lowest BCUT2D eigenvalue weighted by atomic mass is 10.0. The molecule has 2 aliphatic heterocycles. The van der Waals surface area contributed by atoms with Crippen LogP contribution >= 0.6 is 0 Å². The summed E-state index contributed by atoms with van der Waals surface area (Å²) in [6, 6.07) is 3.53. The number of amides is 1. The lowest BCUT2D eigenvalue weighted by Crippen LogP contribution is -2.50. The predicted molar refractivity (Wildman–Crippen MR) is 98.4 cm³/mol. The van der Waals surface area contributed by atoms with Crippen LogP contribution in [0.25, 0.3) is 0 Å². The van der Waals surface area contributed by atoms with Crippen molar-refractivity contribution < 1.29 is 17.6 Å². The fourth-order valence-electron chi connectivity index (χ4n) is 3.71. The van der Waals surface area contributed by atoms with Crippen LogP contribution in [-0.2, 0) is 14.6 Å². The average Bonchev–Trinajstić information content (AvgIpc) is 2.78. The molecule has 0 bridgehead atoms. The van der Waals surface area contributed by atoms with Crippen LogP contribution in [0.1, 0.15) is 32.1 Å². The molecule has 0 spiro atoms. The Morgan fingerprint density at radius 2 is 1.92 bits per heavy atom. The van der Waals surface area contributed by atoms with Gasteiger partial charge in [-0.05, 0) is 63.4 Å². The van der Waals surface area contributed by atoms with Crippen molar-refractivity contribution in [3.63, 3.8) is 0 Å². The monoisotopic (exact) mass is 383 g/mol. The maximum absolute atomic E-state index is 14.4. The molecule has 144 valence electrons. The van der Waals surface area contributed by atoms with E-state index in [9.17, 15) is 17.6 Å². The number of nitrogens with one attached hydrogen (secondary N) is 2. The minimum atomic E-state index is -3.46. The molecule has 2 fully saturated rings. The molecular formula is C18H26FN3O3S. The summed E-state index contributed by atoms with van der Waals surface area (Å²) < 4.78 is 37.5. The zero-order chi connectivity index (χ0) is 18.7. The van der Waals surface area contributed by atoms with E-state index in [0.717, 1.165) is 57.6 Å². The molecular weight excluding hydrogens is 357 g/mol. The van der Waals surface area contributed by atoms with Crippen molar-refractivity contribution in [1.82, 2.24) is 10.2 Å². The van der Waals surface area contributed by atoms with Gasteiger partial charge in [0.25, 0.3) is 0 Å². The number of hydrogen-bond acceptors (Lipinski definition) is 5. The summed E-state index contributed by atoms with van der Waals surface area (Å²) in [7, 11) is -3.46. The van der Waals surface area contributed by atoms with Crippen LogP contribution in [0.5, 0.6) is 0 Å². The number of anilines is 1. The molecule has 2 aliphatic rings. The summed E-state index contributed by atoms with van der Waals surface area (Å²) in [5.74, 6) is -0.639. The van der Waals surface area contributed by atoms with Crippen LogP contribution in [0, 0.1) is 5.82 Å². The molecule has 2 saturated heterocycles. The van der Waals surface area contributed by atoms with E-state index < -0.39 is 21.7 Å². The summed E-state index contributed by atoms with van der Waals surface area (Å²) >= 11 is 0. The molecule has 8 heteroatoms. The van der Waals surface area contributed by atoms with E-state index in [1.54, 1.807) is 0 Å². The third-order valence-electron chi connectivity index (χ3n) is 5.17. The molecule has 0 saturated carbocycles. The molecule has 6 nitrogen and oxygen atoms in total. The highest BCUT2D eigenvalue weighted by molar-refractivity contribution is 7.90. The number of nitrogens with zero attached hydrogens (tertiary/aromatic N) is 1. The summed E-state index contributed by atoms with van der Waals surface area (Å²) in [4.78, 5) is 14.9. The second-order valence-electron chi connectivity index (χ2n) is 7.12. The Hall–Kier alpha value is -1.67. The van der Waals surface area contributed by atoms with E-state index in [1.165, 1.54) is 12.1 Å². The number of likely N-dealkylation sites (tertiary alicyclic amines) is 1. The zero-order valence-electron chi connectivity index (χ0n) is 15.0. The van der Waals surface area contributed by atoms with Gasteiger partial charge in [0.1, 0.15) is 11.9 Å². The van der Waals surface area contributed by atoms with Gasteiger partial charge in [-0.1, -0.05) is 0 Å². The van der Waals surface area contributed by atoms with Gasteiger partial charge >= 0.3 is 0 Å². The van der Waals surface area contributed by atoms with Crippen molar-refractivity contribution in [2.45, 2.75) is 49.1 Å². The van der Waals surface area contributed by atoms with Gasteiger partial charge in [0.2, 0.25) is 5.91 Å². The molecule has 1 amide bonds. The van der Waals surface area contributed by atoms with Gasteiger partial charge in [0.05, 0.1) is 10.6 Å². The minimum absolute atomic E-state index is 0.0148. The van der Waals surface area contributed by atoms with E-state index in [0.29, 0.717) is 6.42 Å². The molecule has 0 aliphatic carbocycles. The Labute approximate surface area is 154 Å². The molecule has 0 aromatic heterocycles. The van der Waals surface area contributed by atoms with Crippen LogP contribution in [0.15, 0.2) is 23.1 Å². The number of benzene rings is 1. The van der Waals surface area contributed by atoms with Crippen LogP contribution < -0.4 is 10.6 Å². The standard InChI is InChI=1S/C18H26FN3O3S/c1-26(24,25)14-5-6-16(15(19)12-14)21-17-4-2-3-11-22(18(17)23)13-7-9-20-10-8-13/h5-6,12-13,17,20-21H,2-4,7-11H2,1H3. The summed E-state index contributed by atoms with van der Waals surface area (Å²) in [6.07, 6.45) is 5.41. The average molecular weight is 383 g/mol. The van der Waals surface area contributed by atoms with E-state index >= 15 is 0 Å². The highest BCUT2D eigenvalue weighted by Crippen LogP contribution is 2.24. The van der Waals surface area contributed by atoms with Crippen molar-refractivity contribution >= 4 is 21.4 Å². The Kier molecular flexibility index (Phi) is 5.82. The summed E-state index contributed by atoms with van der Waals surface area (Å²) in [5.41, 5.74) is 0.169. The quantitative estimate of drug-likeness (QED) is 0.829. The molecule has 1 aromatic carbocycles. The fraction of sp³-hybridized carbons (Fsp3) is 0.611. The lowest BCUT2D eigenvalue weighted by molar-refractivity contribution is -0.134. The van der Waals surface area contributed by atoms with E-state index in [2.05, 4.69) is 10.6 Å². The number of piperidine rings is 1. The molecule has 1 atom stereocenters. The number of hydrogen-bond donors (Lipinski definition) is 2. The highest BCUT2D eigenvalue weighted by Gasteiger charge is 2.32. The second kappa shape index (κ2) is 7.92. The molecule has 1 unspecified atom stereocenters. The first-order valence-electron chi connectivity index (χ1n) is 9.13. The van der Waals surface area contributed by atoms with Crippen molar-refractivity contribution in [2.24, 2.45) is 0 Å². The molecule has 0 radical (unpaired) electrons. The van der Waals surface area contributed by atoms with Crippen LogP contribution in [0.3, 0.4) is 0 Å². The first-order valence-corrected chi connectivity index (χ1v) is 11.0. The van der Waals surface area contributed by atoms with Crippen LogP contribution in [0.4, 0.5) is 10.1 Å². The third-order valence-corrected chi connectivity index (χ3v) is 6.28. The number of carbonyl (C=O) groups is 1. The van der Waals surface area contributed by atoms with Crippen molar-refractivity contribution in [2.75, 3.05) is 31.2 Å². The molecule has 2 heterocycles. The van der Waals surface area contributed by atoms with Gasteiger partial charge in [0, 0.05) is 18.8 Å². The fourth-order valence-corrected chi connectivity index (χ4v) is 4.34. The number of rotatable bonds is 4. The van der Waals surface area contributed by atoms with Crippen molar-refractivity contribution in [1.29, 1.82) is 0 Å². The van der Waals surface area contributed by atoms with E-state index in [-0.39, 0.29) is 22.5 Å². The van der Waals surface area contributed by atoms with E-state index in [4.69, 9.17) is 0 Å². The van der Waals surface area contributed by atoms with Gasteiger partial charge in [-0.15, -0.1) is 0 Å². The number of halogens is 1. The molecule has 2 N–H and O–H groups in total. The number of carbonyl (C=O) groups excluding carboxylic acids is 1. The Morgan fingerprint density at radius 3 is 2.58 bits per heavy atom. The molecule has 3 rings (SSSR count). The van der Waals surface area contributed by atoms with Crippen molar-refractivity contribution in [3.8, 4) is 0 Å². The maximum Gasteiger partial charge on any atom is 0.245 e. The van der Waals surface area contributed by atoms with Gasteiger partial charge in [0.15, 0.2) is 9.84 Å². The Balaban J connectivity index is 1.76. The largest absolute Gasteiger partial charge is 0.371 e. The lowest BCUT2D eigenvalue weighted by Gasteiger charge is -2.35. The molecule has 26 heavy (non-hydrogen) atoms. The topological polar surface area (TPSA) is 78.5 Å². The number of sulfone groups is 1. The third kappa shape index (κ3) is 4.35. The normalized spacial score (nSPS) is 22.9. The van der Waals surface area contributed by atoms with Gasteiger partial charge in [-0.3, -0.25) is 4.79 Å². The first-order chi connectivity index (χ1) is 12.4. The first kappa shape index (κ1) is 19.1. The summed E-state index contributed by atoms with van der Waals surface area (Å²) in [6.45, 7) is 2.57. The minimum Gasteiger partial charge on any atom is -0.371 e. The summed E-state index contributed by atoms with van der Waals surface area (Å²) in [5, 5.41) is 6.32. The van der Waals surface area contributed by atoms with Gasteiger partial charge in [-0.2, -0.15) is 0 Å². The Bertz CT molecular complexity index is 763. The van der Waals surface area contributed by atoms with Gasteiger partial charge in [-0.25, -0.2) is 12.8 Å². The van der Waals surface area contributed by atoms with Gasteiger partial charge < -0.3 is 15.5 Å². The van der Waals surface area contributed by atoms with Crippen LogP contribution in [-0.4, -0.2) is 57.2 Å². The van der Waals surface area contributed by atoms with Crippen molar-refractivity contribution in [3.05, 3.63) is 24.0 Å². The SMILES string of the molecule is CS(=O)(=O)c1ccc(NC2CCCCN(C3CCNCC3)C2=O)c(F)c1. The molecule has 1 aromatic rings. The van der Waals surface area contributed by atoms with Crippen LogP contribution in [0.2, 0.25) is 0 Å². The predicted octanol–water partition coefficient (Wildman–Crippen LogP) is 1.77.